The second-order valence-corrected chi connectivity index (χ2v) is 12.9. The highest BCUT2D eigenvalue weighted by Crippen LogP contribution is 2.65. The molecule has 13 nitrogen and oxygen atoms in total. The Morgan fingerprint density at radius 3 is 2.34 bits per heavy atom. The molecule has 3 N–H and O–H groups in total. The molecule has 6 atom stereocenters. The van der Waals surface area contributed by atoms with Crippen molar-refractivity contribution < 1.29 is 71.4 Å². The number of methoxy groups -OCH3 is 1. The summed E-state index contributed by atoms with van der Waals surface area (Å²) >= 11 is 0. The van der Waals surface area contributed by atoms with E-state index in [2.05, 4.69) is 4.90 Å². The number of ether oxygens (including phenoxy) is 5. The van der Waals surface area contributed by atoms with Gasteiger partial charge in [-0.05, 0) is 71.8 Å². The fourth-order valence-electron chi connectivity index (χ4n) is 6.69. The van der Waals surface area contributed by atoms with Gasteiger partial charge in [-0.15, -0.1) is 0 Å². The lowest BCUT2D eigenvalue weighted by molar-refractivity contribution is -0.192. The predicted molar refractivity (Wildman–Crippen MR) is 153 cm³/mol. The van der Waals surface area contributed by atoms with E-state index in [-0.39, 0.29) is 18.2 Å². The molecule has 4 aliphatic rings. The molecule has 1 aromatic rings. The SMILES string of the molecule is COc1ccc2c3c1O[C@H]1C(OC(=O)CC(OC(=O)C(C)O)C(=O)OC(C)(C)C)=CC[C@@]4(O)[C@@H](C2)N(C)CC[C@]314.O=C(O)C(F)(F)F. The number of esters is 3. The van der Waals surface area contributed by atoms with Crippen LogP contribution in [0, 0.1) is 0 Å². The van der Waals surface area contributed by atoms with Gasteiger partial charge < -0.3 is 43.9 Å². The van der Waals surface area contributed by atoms with Gasteiger partial charge in [-0.3, -0.25) is 4.79 Å². The third kappa shape index (κ3) is 6.63. The number of halogens is 3. The Hall–Kier alpha value is -3.89. The van der Waals surface area contributed by atoms with Gasteiger partial charge in [0, 0.05) is 18.0 Å². The molecule has 47 heavy (non-hydrogen) atoms. The number of aliphatic hydroxyl groups excluding tert-OH is 1. The van der Waals surface area contributed by atoms with Gasteiger partial charge in [-0.2, -0.15) is 13.2 Å². The number of carbonyl (C=O) groups is 4. The summed E-state index contributed by atoms with van der Waals surface area (Å²) in [5.74, 6) is -4.34. The molecule has 1 spiro atoms. The van der Waals surface area contributed by atoms with E-state index in [9.17, 15) is 37.8 Å². The van der Waals surface area contributed by atoms with Crippen molar-refractivity contribution in [1.82, 2.24) is 4.90 Å². The van der Waals surface area contributed by atoms with E-state index < -0.39 is 71.4 Å². The molecule has 2 aliphatic heterocycles. The standard InChI is InChI=1S/C29H37NO10.C2HF3O2/c1-15(31)25(33)38-19(26(34)40-27(2,3)4)14-21(32)37-18-9-10-29(35)20-13-16-7-8-17(36-6)23-22(16)28(29,24(18)39-23)11-12-30(20)5;3-2(4,5)1(6)7/h7-9,15,19-20,24,31,35H,10-14H2,1-6H3;(H,6,7)/t15?,19?,20-,24+,28+,29-;/m1./s1. The van der Waals surface area contributed by atoms with Gasteiger partial charge in [-0.25, -0.2) is 14.4 Å². The van der Waals surface area contributed by atoms with Gasteiger partial charge in [0.25, 0.3) is 0 Å². The number of rotatable bonds is 7. The maximum absolute atomic E-state index is 13.2. The molecule has 2 bridgehead atoms. The molecule has 0 saturated carbocycles. The zero-order valence-corrected chi connectivity index (χ0v) is 26.7. The normalized spacial score (nSPS) is 27.0. The van der Waals surface area contributed by atoms with E-state index in [1.54, 1.807) is 34.0 Å². The first kappa shape index (κ1) is 36.0. The van der Waals surface area contributed by atoms with Gasteiger partial charge >= 0.3 is 30.1 Å². The number of aliphatic carboxylic acids is 1. The molecule has 1 aromatic carbocycles. The highest BCUT2D eigenvalue weighted by atomic mass is 19.4. The molecule has 2 aliphatic carbocycles. The number of hydrogen-bond acceptors (Lipinski definition) is 12. The first-order chi connectivity index (χ1) is 21.7. The number of likely N-dealkylation sites (N-methyl/N-ethyl adjacent to an activating group) is 1. The Morgan fingerprint density at radius 2 is 1.79 bits per heavy atom. The summed E-state index contributed by atoms with van der Waals surface area (Å²) < 4.78 is 60.0. The van der Waals surface area contributed by atoms with Crippen LogP contribution >= 0.6 is 0 Å². The lowest BCUT2D eigenvalue weighted by Crippen LogP contribution is -2.74. The highest BCUT2D eigenvalue weighted by molar-refractivity contribution is 5.86. The molecule has 0 aromatic heterocycles. The van der Waals surface area contributed by atoms with Gasteiger partial charge in [0.05, 0.1) is 24.5 Å². The predicted octanol–water partition coefficient (Wildman–Crippen LogP) is 2.17. The van der Waals surface area contributed by atoms with Gasteiger partial charge in [0.15, 0.2) is 17.6 Å². The van der Waals surface area contributed by atoms with Crippen molar-refractivity contribution in [2.45, 2.75) is 101 Å². The zero-order chi connectivity index (χ0) is 35.3. The Bertz CT molecular complexity index is 1470. The Balaban J connectivity index is 0.000000644. The van der Waals surface area contributed by atoms with Gasteiger partial charge in [0.2, 0.25) is 6.10 Å². The minimum atomic E-state index is -5.08. The van der Waals surface area contributed by atoms with Crippen LogP contribution in [-0.2, 0) is 45.2 Å². The molecule has 1 saturated heterocycles. The summed E-state index contributed by atoms with van der Waals surface area (Å²) in [7, 11) is 3.55. The minimum absolute atomic E-state index is 0.163. The third-order valence-corrected chi connectivity index (χ3v) is 8.65. The van der Waals surface area contributed by atoms with Crippen LogP contribution < -0.4 is 9.47 Å². The topological polar surface area (TPSA) is 178 Å². The molecule has 16 heteroatoms. The van der Waals surface area contributed by atoms with Crippen molar-refractivity contribution in [3.8, 4) is 11.5 Å². The summed E-state index contributed by atoms with van der Waals surface area (Å²) in [6.07, 6.45) is -6.55. The van der Waals surface area contributed by atoms with Crippen LogP contribution in [0.4, 0.5) is 13.2 Å². The van der Waals surface area contributed by atoms with Crippen LogP contribution in [-0.4, -0.2) is 107 Å². The number of benzene rings is 1. The lowest BCUT2D eigenvalue weighted by Gasteiger charge is -2.61. The number of piperidine rings is 1. The number of likely N-dealkylation sites (tertiary alicyclic amines) is 1. The maximum Gasteiger partial charge on any atom is 0.490 e. The number of carbonyl (C=O) groups excluding carboxylic acids is 3. The van der Waals surface area contributed by atoms with Crippen LogP contribution in [0.2, 0.25) is 0 Å². The summed E-state index contributed by atoms with van der Waals surface area (Å²) in [6, 6.07) is 3.69. The van der Waals surface area contributed by atoms with Crippen molar-refractivity contribution in [3.63, 3.8) is 0 Å². The molecular weight excluding hydrogens is 635 g/mol. The number of aliphatic hydroxyl groups is 2. The van der Waals surface area contributed by atoms with Crippen LogP contribution in [0.5, 0.6) is 11.5 Å². The Labute approximate surface area is 268 Å². The van der Waals surface area contributed by atoms with Crippen molar-refractivity contribution in [2.75, 3.05) is 20.7 Å². The smallest absolute Gasteiger partial charge is 0.490 e. The van der Waals surface area contributed by atoms with E-state index in [4.69, 9.17) is 33.6 Å². The van der Waals surface area contributed by atoms with Crippen molar-refractivity contribution in [3.05, 3.63) is 35.1 Å². The van der Waals surface area contributed by atoms with Crippen LogP contribution in [0.1, 0.15) is 58.1 Å². The Morgan fingerprint density at radius 1 is 1.15 bits per heavy atom. The molecule has 0 amide bonds. The molecular formula is C31H38F3NO12. The summed E-state index contributed by atoms with van der Waals surface area (Å²) in [6.45, 7) is 6.82. The quantitative estimate of drug-likeness (QED) is 0.284. The van der Waals surface area contributed by atoms with Crippen LogP contribution in [0.3, 0.4) is 0 Å². The average molecular weight is 674 g/mol. The number of alkyl halides is 3. The van der Waals surface area contributed by atoms with Crippen LogP contribution in [0.25, 0.3) is 0 Å². The first-order valence-corrected chi connectivity index (χ1v) is 14.8. The second-order valence-electron chi connectivity index (χ2n) is 12.9. The molecule has 260 valence electrons. The van der Waals surface area contributed by atoms with Crippen molar-refractivity contribution in [1.29, 1.82) is 0 Å². The lowest BCUT2D eigenvalue weighted by atomic mass is 9.50. The number of nitrogens with zero attached hydrogens (tertiary/aromatic N) is 1. The highest BCUT2D eigenvalue weighted by Gasteiger charge is 2.72. The van der Waals surface area contributed by atoms with E-state index in [1.165, 1.54) is 6.92 Å². The van der Waals surface area contributed by atoms with Crippen LogP contribution in [0.15, 0.2) is 24.0 Å². The largest absolute Gasteiger partial charge is 0.493 e. The van der Waals surface area contributed by atoms with Crippen molar-refractivity contribution >= 4 is 23.9 Å². The first-order valence-electron chi connectivity index (χ1n) is 14.8. The Kier molecular flexibility index (Phi) is 9.65. The van der Waals surface area contributed by atoms with E-state index in [1.807, 2.05) is 19.2 Å². The summed E-state index contributed by atoms with van der Waals surface area (Å²) in [4.78, 5) is 49.1. The van der Waals surface area contributed by atoms with E-state index in [0.717, 1.165) is 11.1 Å². The maximum atomic E-state index is 13.2. The molecule has 0 radical (unpaired) electrons. The summed E-state index contributed by atoms with van der Waals surface area (Å²) in [5.41, 5.74) is -0.991. The number of carboxylic acid groups (broad SMARTS) is 1. The monoisotopic (exact) mass is 673 g/mol. The molecule has 1 fully saturated rings. The van der Waals surface area contributed by atoms with E-state index in [0.29, 0.717) is 30.9 Å². The van der Waals surface area contributed by atoms with Crippen molar-refractivity contribution in [2.24, 2.45) is 0 Å². The molecule has 2 unspecified atom stereocenters. The number of carboxylic acids is 1. The fraction of sp³-hybridized carbons (Fsp3) is 0.613. The van der Waals surface area contributed by atoms with Gasteiger partial charge in [-0.1, -0.05) is 6.07 Å². The zero-order valence-electron chi connectivity index (χ0n) is 26.7. The van der Waals surface area contributed by atoms with Gasteiger partial charge in [0.1, 0.15) is 17.5 Å². The molecule has 2 heterocycles. The second kappa shape index (κ2) is 12.6. The average Bonchev–Trinajstić information content (AvgIpc) is 3.31. The van der Waals surface area contributed by atoms with E-state index >= 15 is 0 Å². The minimum Gasteiger partial charge on any atom is -0.493 e. The summed E-state index contributed by atoms with van der Waals surface area (Å²) in [5, 5.41) is 29.0. The molecule has 5 rings (SSSR count). The number of hydrogen-bond donors (Lipinski definition) is 3. The third-order valence-electron chi connectivity index (χ3n) is 8.65. The fourth-order valence-corrected chi connectivity index (χ4v) is 6.69.